The molecule has 1 fully saturated rings. The molecule has 0 heterocycles. The lowest BCUT2D eigenvalue weighted by Gasteiger charge is -2.45. The number of fused-ring (bicyclic) bond motifs is 1. The maximum Gasteiger partial charge on any atom is 0.111 e. The van der Waals surface area contributed by atoms with E-state index in [4.69, 9.17) is 4.74 Å². The molecule has 1 unspecified atom stereocenters. The van der Waals surface area contributed by atoms with Crippen LogP contribution in [0, 0.1) is 11.3 Å². The van der Waals surface area contributed by atoms with Crippen molar-refractivity contribution in [2.75, 3.05) is 7.11 Å². The minimum Gasteiger partial charge on any atom is -0.388 e. The Kier molecular flexibility index (Phi) is 3.32. The van der Waals surface area contributed by atoms with Gasteiger partial charge in [-0.1, -0.05) is 24.3 Å². The Bertz CT molecular complexity index is 540. The molecule has 1 aromatic rings. The van der Waals surface area contributed by atoms with Gasteiger partial charge in [0, 0.05) is 7.11 Å². The van der Waals surface area contributed by atoms with E-state index < -0.39 is 11.0 Å². The third-order valence-corrected chi connectivity index (χ3v) is 5.32. The van der Waals surface area contributed by atoms with Crippen molar-refractivity contribution in [3.63, 3.8) is 0 Å². The van der Waals surface area contributed by atoms with Gasteiger partial charge in [0.15, 0.2) is 0 Å². The van der Waals surface area contributed by atoms with Gasteiger partial charge in [0.2, 0.25) is 0 Å². The van der Waals surface area contributed by atoms with Crippen molar-refractivity contribution in [2.45, 2.75) is 55.6 Å². The molecule has 1 atom stereocenters. The molecular formula is C17H21NO2. The SMILES string of the molecule is COC1CCC(O)(C2(C#N)CCc3ccccc32)CC1. The van der Waals surface area contributed by atoms with Crippen LogP contribution < -0.4 is 0 Å². The first-order valence-corrected chi connectivity index (χ1v) is 7.40. The number of ether oxygens (including phenoxy) is 1. The maximum absolute atomic E-state index is 11.2. The van der Waals surface area contributed by atoms with Gasteiger partial charge in [-0.05, 0) is 49.7 Å². The van der Waals surface area contributed by atoms with Gasteiger partial charge in [0.05, 0.1) is 17.8 Å². The molecule has 0 radical (unpaired) electrons. The minimum absolute atomic E-state index is 0.225. The van der Waals surface area contributed by atoms with Crippen molar-refractivity contribution >= 4 is 0 Å². The summed E-state index contributed by atoms with van der Waals surface area (Å²) in [6, 6.07) is 10.6. The molecule has 0 spiro atoms. The Labute approximate surface area is 120 Å². The summed E-state index contributed by atoms with van der Waals surface area (Å²) >= 11 is 0. The van der Waals surface area contributed by atoms with E-state index in [2.05, 4.69) is 12.1 Å². The van der Waals surface area contributed by atoms with Crippen LogP contribution in [0.25, 0.3) is 0 Å². The summed E-state index contributed by atoms with van der Waals surface area (Å²) in [4.78, 5) is 0. The highest BCUT2D eigenvalue weighted by atomic mass is 16.5. The van der Waals surface area contributed by atoms with Gasteiger partial charge in [-0.3, -0.25) is 0 Å². The summed E-state index contributed by atoms with van der Waals surface area (Å²) in [5, 5.41) is 21.1. The smallest absolute Gasteiger partial charge is 0.111 e. The molecule has 20 heavy (non-hydrogen) atoms. The number of nitriles is 1. The van der Waals surface area contributed by atoms with E-state index in [1.807, 2.05) is 18.2 Å². The Balaban J connectivity index is 1.98. The number of benzene rings is 1. The summed E-state index contributed by atoms with van der Waals surface area (Å²) in [5.41, 5.74) is 0.614. The molecule has 106 valence electrons. The van der Waals surface area contributed by atoms with E-state index in [0.717, 1.165) is 31.2 Å². The Hall–Kier alpha value is -1.37. The first kappa shape index (κ1) is 13.6. The second kappa shape index (κ2) is 4.87. The standard InChI is InChI=1S/C17H21NO2/c1-20-14-7-10-17(19,11-8-14)16(12-18)9-6-13-4-2-3-5-15(13)16/h2-5,14,19H,6-11H2,1H3. The lowest BCUT2D eigenvalue weighted by atomic mass is 9.62. The fraction of sp³-hybridized carbons (Fsp3) is 0.588. The molecule has 0 saturated heterocycles. The zero-order chi connectivity index (χ0) is 14.2. The van der Waals surface area contributed by atoms with E-state index in [1.54, 1.807) is 7.11 Å². The number of aryl methyl sites for hydroxylation is 1. The summed E-state index contributed by atoms with van der Waals surface area (Å²) in [6.45, 7) is 0. The summed E-state index contributed by atoms with van der Waals surface area (Å²) in [5.74, 6) is 0. The number of nitrogens with zero attached hydrogens (tertiary/aromatic N) is 1. The van der Waals surface area contributed by atoms with Crippen LogP contribution in [0.5, 0.6) is 0 Å². The summed E-state index contributed by atoms with van der Waals surface area (Å²) < 4.78 is 5.39. The van der Waals surface area contributed by atoms with Crippen molar-refractivity contribution in [2.24, 2.45) is 0 Å². The third kappa shape index (κ3) is 1.79. The van der Waals surface area contributed by atoms with Crippen LogP contribution in [-0.4, -0.2) is 23.9 Å². The van der Waals surface area contributed by atoms with Crippen molar-refractivity contribution in [1.29, 1.82) is 5.26 Å². The number of methoxy groups -OCH3 is 1. The van der Waals surface area contributed by atoms with Crippen molar-refractivity contribution in [1.82, 2.24) is 0 Å². The average molecular weight is 271 g/mol. The lowest BCUT2D eigenvalue weighted by Crippen LogP contribution is -2.52. The Morgan fingerprint density at radius 2 is 1.95 bits per heavy atom. The highest BCUT2D eigenvalue weighted by Crippen LogP contribution is 2.51. The van der Waals surface area contributed by atoms with E-state index >= 15 is 0 Å². The number of hydrogen-bond acceptors (Lipinski definition) is 3. The molecule has 0 amide bonds. The van der Waals surface area contributed by atoms with E-state index in [1.165, 1.54) is 5.56 Å². The van der Waals surface area contributed by atoms with Crippen LogP contribution >= 0.6 is 0 Å². The molecule has 2 aliphatic rings. The van der Waals surface area contributed by atoms with Gasteiger partial charge in [-0.25, -0.2) is 0 Å². The molecule has 3 rings (SSSR count). The van der Waals surface area contributed by atoms with E-state index in [-0.39, 0.29) is 6.10 Å². The van der Waals surface area contributed by atoms with Crippen molar-refractivity contribution < 1.29 is 9.84 Å². The third-order valence-electron chi connectivity index (χ3n) is 5.32. The largest absolute Gasteiger partial charge is 0.388 e. The summed E-state index contributed by atoms with van der Waals surface area (Å²) in [7, 11) is 1.72. The predicted octanol–water partition coefficient (Wildman–Crippen LogP) is 2.71. The Morgan fingerprint density at radius 3 is 2.60 bits per heavy atom. The number of rotatable bonds is 2. The molecule has 0 aromatic heterocycles. The second-order valence-corrected chi connectivity index (χ2v) is 6.14. The van der Waals surface area contributed by atoms with Crippen LogP contribution in [0.4, 0.5) is 0 Å². The highest BCUT2D eigenvalue weighted by molar-refractivity contribution is 5.47. The molecule has 3 heteroatoms. The van der Waals surface area contributed by atoms with Crippen LogP contribution in [0.3, 0.4) is 0 Å². The van der Waals surface area contributed by atoms with Crippen molar-refractivity contribution in [3.05, 3.63) is 35.4 Å². The van der Waals surface area contributed by atoms with E-state index in [9.17, 15) is 10.4 Å². The number of hydrogen-bond donors (Lipinski definition) is 1. The molecule has 1 saturated carbocycles. The molecule has 1 N–H and O–H groups in total. The van der Waals surface area contributed by atoms with Gasteiger partial charge in [-0.2, -0.15) is 5.26 Å². The molecule has 1 aromatic carbocycles. The number of aliphatic hydroxyl groups is 1. The molecule has 3 nitrogen and oxygen atoms in total. The van der Waals surface area contributed by atoms with Gasteiger partial charge in [0.1, 0.15) is 5.41 Å². The first-order valence-electron chi connectivity index (χ1n) is 7.40. The van der Waals surface area contributed by atoms with Gasteiger partial charge in [0.25, 0.3) is 0 Å². The second-order valence-electron chi connectivity index (χ2n) is 6.14. The van der Waals surface area contributed by atoms with Gasteiger partial charge in [-0.15, -0.1) is 0 Å². The normalized spacial score (nSPS) is 36.4. The van der Waals surface area contributed by atoms with E-state index in [0.29, 0.717) is 12.8 Å². The fourth-order valence-electron chi connectivity index (χ4n) is 4.05. The topological polar surface area (TPSA) is 53.2 Å². The zero-order valence-electron chi connectivity index (χ0n) is 11.9. The minimum atomic E-state index is -0.913. The van der Waals surface area contributed by atoms with Gasteiger partial charge >= 0.3 is 0 Å². The monoisotopic (exact) mass is 271 g/mol. The quantitative estimate of drug-likeness (QED) is 0.899. The van der Waals surface area contributed by atoms with Crippen LogP contribution in [0.2, 0.25) is 0 Å². The highest BCUT2D eigenvalue weighted by Gasteiger charge is 2.55. The van der Waals surface area contributed by atoms with Crippen LogP contribution in [0.1, 0.15) is 43.2 Å². The Morgan fingerprint density at radius 1 is 1.25 bits per heavy atom. The predicted molar refractivity (Wildman–Crippen MR) is 76.3 cm³/mol. The fourth-order valence-corrected chi connectivity index (χ4v) is 4.05. The zero-order valence-corrected chi connectivity index (χ0v) is 11.9. The van der Waals surface area contributed by atoms with Crippen molar-refractivity contribution in [3.8, 4) is 6.07 Å². The molecule has 0 bridgehead atoms. The maximum atomic E-state index is 11.2. The summed E-state index contributed by atoms with van der Waals surface area (Å²) in [6.07, 6.45) is 4.80. The first-order chi connectivity index (χ1) is 9.65. The van der Waals surface area contributed by atoms with Crippen LogP contribution in [-0.2, 0) is 16.6 Å². The molecular weight excluding hydrogens is 250 g/mol. The van der Waals surface area contributed by atoms with Gasteiger partial charge < -0.3 is 9.84 Å². The lowest BCUT2D eigenvalue weighted by molar-refractivity contribution is -0.0794. The average Bonchev–Trinajstić information content (AvgIpc) is 2.88. The molecule has 2 aliphatic carbocycles. The molecule has 0 aliphatic heterocycles. The van der Waals surface area contributed by atoms with Crippen LogP contribution in [0.15, 0.2) is 24.3 Å².